The van der Waals surface area contributed by atoms with Gasteiger partial charge in [-0.25, -0.2) is 4.79 Å². The van der Waals surface area contributed by atoms with E-state index < -0.39 is 0 Å². The Labute approximate surface area is 135 Å². The minimum Gasteiger partial charge on any atom is -0.397 e. The summed E-state index contributed by atoms with van der Waals surface area (Å²) in [6, 6.07) is 15.5. The third-order valence-electron chi connectivity index (χ3n) is 3.07. The van der Waals surface area contributed by atoms with E-state index >= 15 is 0 Å². The predicted molar refractivity (Wildman–Crippen MR) is 93.3 cm³/mol. The Balaban J connectivity index is 2.02. The maximum atomic E-state index is 11.8. The zero-order valence-corrected chi connectivity index (χ0v) is 13.5. The average Bonchev–Trinajstić information content (AvgIpc) is 2.52. The summed E-state index contributed by atoms with van der Waals surface area (Å²) >= 11 is 1.63. The number of carbonyl (C=O) groups excluding carboxylic acids is 1. The average molecular weight is 315 g/mol. The standard InChI is InChI=1S/C17H21N3OS/c1-2-3-11-19-17(21)20-16-12-14(9-10-15(16)18)22-13-7-5-4-6-8-13/h4-10,12H,2-3,11,18H2,1H3,(H2,19,20,21). The van der Waals surface area contributed by atoms with E-state index in [1.165, 1.54) is 0 Å². The summed E-state index contributed by atoms with van der Waals surface area (Å²) < 4.78 is 0. The van der Waals surface area contributed by atoms with Crippen molar-refractivity contribution in [2.75, 3.05) is 17.6 Å². The molecule has 116 valence electrons. The molecule has 0 bridgehead atoms. The summed E-state index contributed by atoms with van der Waals surface area (Å²) in [5.74, 6) is 0. The Morgan fingerprint density at radius 1 is 1.14 bits per heavy atom. The van der Waals surface area contributed by atoms with Crippen LogP contribution in [0.2, 0.25) is 0 Å². The van der Waals surface area contributed by atoms with Gasteiger partial charge in [-0.15, -0.1) is 0 Å². The molecular weight excluding hydrogens is 294 g/mol. The number of hydrogen-bond acceptors (Lipinski definition) is 3. The molecule has 2 amide bonds. The summed E-state index contributed by atoms with van der Waals surface area (Å²) in [6.45, 7) is 2.75. The minimum absolute atomic E-state index is 0.220. The van der Waals surface area contributed by atoms with Crippen molar-refractivity contribution in [2.24, 2.45) is 0 Å². The fourth-order valence-corrected chi connectivity index (χ4v) is 2.76. The van der Waals surface area contributed by atoms with E-state index in [-0.39, 0.29) is 6.03 Å². The van der Waals surface area contributed by atoms with E-state index in [2.05, 4.69) is 17.6 Å². The van der Waals surface area contributed by atoms with Gasteiger partial charge in [0.15, 0.2) is 0 Å². The molecule has 0 aliphatic carbocycles. The Kier molecular flexibility index (Phi) is 6.15. The molecule has 4 N–H and O–H groups in total. The van der Waals surface area contributed by atoms with E-state index in [4.69, 9.17) is 5.73 Å². The summed E-state index contributed by atoms with van der Waals surface area (Å²) in [7, 11) is 0. The maximum Gasteiger partial charge on any atom is 0.319 e. The highest BCUT2D eigenvalue weighted by atomic mass is 32.2. The van der Waals surface area contributed by atoms with Gasteiger partial charge in [0.05, 0.1) is 11.4 Å². The van der Waals surface area contributed by atoms with Gasteiger partial charge in [-0.3, -0.25) is 0 Å². The monoisotopic (exact) mass is 315 g/mol. The van der Waals surface area contributed by atoms with Crippen molar-refractivity contribution in [1.29, 1.82) is 0 Å². The lowest BCUT2D eigenvalue weighted by Crippen LogP contribution is -2.29. The van der Waals surface area contributed by atoms with E-state index in [1.807, 2.05) is 48.5 Å². The fourth-order valence-electron chi connectivity index (χ4n) is 1.88. The quantitative estimate of drug-likeness (QED) is 0.548. The molecule has 0 fully saturated rings. The van der Waals surface area contributed by atoms with E-state index in [0.717, 1.165) is 22.6 Å². The van der Waals surface area contributed by atoms with Crippen LogP contribution in [0.1, 0.15) is 19.8 Å². The highest BCUT2D eigenvalue weighted by Gasteiger charge is 2.06. The maximum absolute atomic E-state index is 11.8. The van der Waals surface area contributed by atoms with Gasteiger partial charge in [0.25, 0.3) is 0 Å². The van der Waals surface area contributed by atoms with Crippen molar-refractivity contribution in [1.82, 2.24) is 5.32 Å². The van der Waals surface area contributed by atoms with Crippen LogP contribution in [-0.4, -0.2) is 12.6 Å². The first-order chi connectivity index (χ1) is 10.7. The van der Waals surface area contributed by atoms with E-state index in [9.17, 15) is 4.79 Å². The first kappa shape index (κ1) is 16.2. The summed E-state index contributed by atoms with van der Waals surface area (Å²) in [5, 5.41) is 5.62. The molecule has 0 aliphatic rings. The molecule has 5 heteroatoms. The molecule has 2 aromatic rings. The molecule has 2 rings (SSSR count). The van der Waals surface area contributed by atoms with Gasteiger partial charge in [-0.1, -0.05) is 43.3 Å². The molecule has 0 spiro atoms. The molecule has 4 nitrogen and oxygen atoms in total. The largest absolute Gasteiger partial charge is 0.397 e. The molecule has 2 aromatic carbocycles. The number of hydrogen-bond donors (Lipinski definition) is 3. The lowest BCUT2D eigenvalue weighted by Gasteiger charge is -2.11. The molecule has 0 heterocycles. The van der Waals surface area contributed by atoms with Crippen LogP contribution in [-0.2, 0) is 0 Å². The van der Waals surface area contributed by atoms with Gasteiger partial charge >= 0.3 is 6.03 Å². The van der Waals surface area contributed by atoms with Crippen LogP contribution in [0.15, 0.2) is 58.3 Å². The lowest BCUT2D eigenvalue weighted by atomic mass is 10.3. The van der Waals surface area contributed by atoms with Crippen molar-refractivity contribution < 1.29 is 4.79 Å². The Hall–Kier alpha value is -2.14. The number of nitrogens with one attached hydrogen (secondary N) is 2. The second-order valence-electron chi connectivity index (χ2n) is 4.90. The molecule has 0 radical (unpaired) electrons. The molecule has 0 saturated heterocycles. The van der Waals surface area contributed by atoms with Crippen LogP contribution >= 0.6 is 11.8 Å². The van der Waals surface area contributed by atoms with Crippen LogP contribution in [0, 0.1) is 0 Å². The number of nitrogens with two attached hydrogens (primary N) is 1. The van der Waals surface area contributed by atoms with Gasteiger partial charge in [0, 0.05) is 16.3 Å². The number of urea groups is 1. The topological polar surface area (TPSA) is 67.2 Å². The third kappa shape index (κ3) is 5.00. The third-order valence-corrected chi connectivity index (χ3v) is 4.07. The molecular formula is C17H21N3OS. The number of nitrogen functional groups attached to an aromatic ring is 1. The van der Waals surface area contributed by atoms with Crippen molar-refractivity contribution in [3.8, 4) is 0 Å². The summed E-state index contributed by atoms with van der Waals surface area (Å²) in [5.41, 5.74) is 7.13. The highest BCUT2D eigenvalue weighted by molar-refractivity contribution is 7.99. The Morgan fingerprint density at radius 2 is 1.91 bits per heavy atom. The number of amides is 2. The number of benzene rings is 2. The molecule has 0 atom stereocenters. The first-order valence-electron chi connectivity index (χ1n) is 7.36. The smallest absolute Gasteiger partial charge is 0.319 e. The zero-order chi connectivity index (χ0) is 15.8. The highest BCUT2D eigenvalue weighted by Crippen LogP contribution is 2.31. The molecule has 0 aliphatic heterocycles. The minimum atomic E-state index is -0.220. The summed E-state index contributed by atoms with van der Waals surface area (Å²) in [6.07, 6.45) is 2.01. The van der Waals surface area contributed by atoms with Gasteiger partial charge in [0.1, 0.15) is 0 Å². The number of anilines is 2. The van der Waals surface area contributed by atoms with Gasteiger partial charge in [-0.05, 0) is 36.8 Å². The van der Waals surface area contributed by atoms with Crippen molar-refractivity contribution >= 4 is 29.2 Å². The first-order valence-corrected chi connectivity index (χ1v) is 8.18. The Morgan fingerprint density at radius 3 is 2.64 bits per heavy atom. The van der Waals surface area contributed by atoms with Crippen molar-refractivity contribution in [3.05, 3.63) is 48.5 Å². The number of carbonyl (C=O) groups is 1. The van der Waals surface area contributed by atoms with Gasteiger partial charge in [-0.2, -0.15) is 0 Å². The zero-order valence-electron chi connectivity index (χ0n) is 12.6. The van der Waals surface area contributed by atoms with Crippen LogP contribution < -0.4 is 16.4 Å². The lowest BCUT2D eigenvalue weighted by molar-refractivity contribution is 0.252. The predicted octanol–water partition coefficient (Wildman–Crippen LogP) is 4.34. The molecule has 0 unspecified atom stereocenters. The van der Waals surface area contributed by atoms with Gasteiger partial charge < -0.3 is 16.4 Å². The number of rotatable bonds is 6. The van der Waals surface area contributed by atoms with E-state index in [0.29, 0.717) is 17.9 Å². The number of unbranched alkanes of at least 4 members (excludes halogenated alkanes) is 1. The second-order valence-corrected chi connectivity index (χ2v) is 6.05. The van der Waals surface area contributed by atoms with Crippen LogP contribution in [0.25, 0.3) is 0 Å². The van der Waals surface area contributed by atoms with Crippen LogP contribution in [0.3, 0.4) is 0 Å². The Bertz CT molecular complexity index is 617. The van der Waals surface area contributed by atoms with Crippen LogP contribution in [0.5, 0.6) is 0 Å². The van der Waals surface area contributed by atoms with Crippen molar-refractivity contribution in [2.45, 2.75) is 29.6 Å². The fraction of sp³-hybridized carbons (Fsp3) is 0.235. The molecule has 22 heavy (non-hydrogen) atoms. The van der Waals surface area contributed by atoms with Crippen molar-refractivity contribution in [3.63, 3.8) is 0 Å². The normalized spacial score (nSPS) is 10.2. The van der Waals surface area contributed by atoms with E-state index in [1.54, 1.807) is 11.8 Å². The molecule has 0 saturated carbocycles. The SMILES string of the molecule is CCCCNC(=O)Nc1cc(Sc2ccccc2)ccc1N. The molecule has 0 aromatic heterocycles. The summed E-state index contributed by atoms with van der Waals surface area (Å²) in [4.78, 5) is 14.0. The van der Waals surface area contributed by atoms with Crippen LogP contribution in [0.4, 0.5) is 16.2 Å². The van der Waals surface area contributed by atoms with Gasteiger partial charge in [0.2, 0.25) is 0 Å². The second kappa shape index (κ2) is 8.34.